The van der Waals surface area contributed by atoms with E-state index in [2.05, 4.69) is 5.32 Å². The van der Waals surface area contributed by atoms with Gasteiger partial charge in [0.1, 0.15) is 0 Å². The third-order valence-corrected chi connectivity index (χ3v) is 2.55. The van der Waals surface area contributed by atoms with Crippen LogP contribution >= 0.6 is 0 Å². The van der Waals surface area contributed by atoms with Gasteiger partial charge < -0.3 is 16.0 Å². The molecular weight excluding hydrogens is 206 g/mol. The summed E-state index contributed by atoms with van der Waals surface area (Å²) in [4.78, 5) is 24.7. The zero-order valence-electron chi connectivity index (χ0n) is 10.6. The molecule has 0 saturated carbocycles. The summed E-state index contributed by atoms with van der Waals surface area (Å²) in [5.74, 6) is -0.270. The van der Waals surface area contributed by atoms with Gasteiger partial charge in [-0.25, -0.2) is 0 Å². The number of amides is 2. The Kier molecular flexibility index (Phi) is 6.72. The van der Waals surface area contributed by atoms with Gasteiger partial charge in [0.15, 0.2) is 0 Å². The minimum absolute atomic E-state index is 0.0287. The molecule has 94 valence electrons. The third-order valence-electron chi connectivity index (χ3n) is 2.55. The van der Waals surface area contributed by atoms with E-state index in [1.807, 2.05) is 27.7 Å². The van der Waals surface area contributed by atoms with Crippen molar-refractivity contribution in [3.63, 3.8) is 0 Å². The maximum absolute atomic E-state index is 11.6. The van der Waals surface area contributed by atoms with Crippen LogP contribution < -0.4 is 11.1 Å². The van der Waals surface area contributed by atoms with Gasteiger partial charge in [-0.1, -0.05) is 13.8 Å². The number of carbonyl (C=O) groups is 2. The first-order valence-corrected chi connectivity index (χ1v) is 5.75. The second-order valence-electron chi connectivity index (χ2n) is 4.05. The largest absolute Gasteiger partial charge is 0.346 e. The van der Waals surface area contributed by atoms with Crippen LogP contribution in [0.1, 0.15) is 27.7 Å². The monoisotopic (exact) mass is 229 g/mol. The molecule has 0 bridgehead atoms. The lowest BCUT2D eigenvalue weighted by Crippen LogP contribution is -2.47. The molecule has 5 nitrogen and oxygen atoms in total. The standard InChI is InChI=1S/C11H23N3O2/c1-5-14(6-2)9(15)7-13-11(16)10(12)8(3)4/h8,10H,5-7,12H2,1-4H3,(H,13,16). The second-order valence-corrected chi connectivity index (χ2v) is 4.05. The van der Waals surface area contributed by atoms with E-state index >= 15 is 0 Å². The van der Waals surface area contributed by atoms with E-state index in [9.17, 15) is 9.59 Å². The Morgan fingerprint density at radius 2 is 1.75 bits per heavy atom. The molecule has 0 saturated heterocycles. The molecule has 0 aromatic heterocycles. The summed E-state index contributed by atoms with van der Waals surface area (Å²) in [7, 11) is 0. The number of hydrogen-bond acceptors (Lipinski definition) is 3. The molecular formula is C11H23N3O2. The molecule has 0 rings (SSSR count). The van der Waals surface area contributed by atoms with Gasteiger partial charge >= 0.3 is 0 Å². The first-order chi connectivity index (χ1) is 7.43. The quantitative estimate of drug-likeness (QED) is 0.671. The maximum atomic E-state index is 11.6. The molecule has 1 atom stereocenters. The Balaban J connectivity index is 4.05. The first-order valence-electron chi connectivity index (χ1n) is 5.75. The topological polar surface area (TPSA) is 75.4 Å². The van der Waals surface area contributed by atoms with Crippen LogP contribution in [0.2, 0.25) is 0 Å². The summed E-state index contributed by atoms with van der Waals surface area (Å²) in [6.45, 7) is 8.89. The summed E-state index contributed by atoms with van der Waals surface area (Å²) < 4.78 is 0. The average Bonchev–Trinajstić information content (AvgIpc) is 2.26. The molecule has 0 heterocycles. The van der Waals surface area contributed by atoms with Crippen molar-refractivity contribution in [2.75, 3.05) is 19.6 Å². The van der Waals surface area contributed by atoms with Gasteiger partial charge in [-0.2, -0.15) is 0 Å². The zero-order valence-corrected chi connectivity index (χ0v) is 10.6. The van der Waals surface area contributed by atoms with Crippen LogP contribution in [-0.4, -0.2) is 42.4 Å². The zero-order chi connectivity index (χ0) is 12.7. The Bertz CT molecular complexity index is 223. The molecule has 0 aliphatic carbocycles. The molecule has 5 heteroatoms. The van der Waals surface area contributed by atoms with Crippen LogP contribution in [0, 0.1) is 5.92 Å². The number of likely N-dealkylation sites (N-methyl/N-ethyl adjacent to an activating group) is 1. The Morgan fingerprint density at radius 1 is 1.25 bits per heavy atom. The van der Waals surface area contributed by atoms with E-state index in [0.29, 0.717) is 13.1 Å². The average molecular weight is 229 g/mol. The number of nitrogens with zero attached hydrogens (tertiary/aromatic N) is 1. The molecule has 0 aromatic rings. The summed E-state index contributed by atoms with van der Waals surface area (Å²) in [6, 6.07) is -0.551. The molecule has 0 radical (unpaired) electrons. The lowest BCUT2D eigenvalue weighted by Gasteiger charge is -2.20. The Hall–Kier alpha value is -1.10. The lowest BCUT2D eigenvalue weighted by atomic mass is 10.1. The summed E-state index contributed by atoms with van der Waals surface area (Å²) in [5.41, 5.74) is 5.65. The van der Waals surface area contributed by atoms with Crippen molar-refractivity contribution in [1.82, 2.24) is 10.2 Å². The number of carbonyl (C=O) groups excluding carboxylic acids is 2. The van der Waals surface area contributed by atoms with Gasteiger partial charge in [0.05, 0.1) is 12.6 Å². The highest BCUT2D eigenvalue weighted by Gasteiger charge is 2.18. The van der Waals surface area contributed by atoms with Crippen molar-refractivity contribution in [3.8, 4) is 0 Å². The van der Waals surface area contributed by atoms with E-state index in [1.165, 1.54) is 0 Å². The molecule has 0 spiro atoms. The highest BCUT2D eigenvalue weighted by Crippen LogP contribution is 1.97. The minimum Gasteiger partial charge on any atom is -0.346 e. The van der Waals surface area contributed by atoms with Crippen molar-refractivity contribution < 1.29 is 9.59 Å². The highest BCUT2D eigenvalue weighted by molar-refractivity contribution is 5.87. The summed E-state index contributed by atoms with van der Waals surface area (Å²) in [5, 5.41) is 2.56. The number of nitrogens with one attached hydrogen (secondary N) is 1. The van der Waals surface area contributed by atoms with E-state index < -0.39 is 6.04 Å². The summed E-state index contributed by atoms with van der Waals surface area (Å²) >= 11 is 0. The normalized spacial score (nSPS) is 12.4. The number of hydrogen-bond donors (Lipinski definition) is 2. The highest BCUT2D eigenvalue weighted by atomic mass is 16.2. The summed E-state index contributed by atoms with van der Waals surface area (Å²) in [6.07, 6.45) is 0. The lowest BCUT2D eigenvalue weighted by molar-refractivity contribution is -0.133. The molecule has 0 fully saturated rings. The van der Waals surface area contributed by atoms with Crippen LogP contribution in [0.3, 0.4) is 0 Å². The number of rotatable bonds is 6. The van der Waals surface area contributed by atoms with Crippen LogP contribution in [-0.2, 0) is 9.59 Å². The fraction of sp³-hybridized carbons (Fsp3) is 0.818. The predicted octanol–water partition coefficient (Wildman–Crippen LogP) is -0.0457. The Labute approximate surface area is 97.4 Å². The minimum atomic E-state index is -0.551. The van der Waals surface area contributed by atoms with Gasteiger partial charge in [-0.15, -0.1) is 0 Å². The van der Waals surface area contributed by atoms with E-state index in [4.69, 9.17) is 5.73 Å². The molecule has 3 N–H and O–H groups in total. The van der Waals surface area contributed by atoms with E-state index in [0.717, 1.165) is 0 Å². The second kappa shape index (κ2) is 7.22. The van der Waals surface area contributed by atoms with Crippen LogP contribution in [0.15, 0.2) is 0 Å². The van der Waals surface area contributed by atoms with Crippen molar-refractivity contribution in [2.45, 2.75) is 33.7 Å². The molecule has 1 unspecified atom stereocenters. The van der Waals surface area contributed by atoms with Crippen molar-refractivity contribution in [1.29, 1.82) is 0 Å². The van der Waals surface area contributed by atoms with Crippen molar-refractivity contribution in [2.24, 2.45) is 11.7 Å². The molecule has 0 aromatic carbocycles. The van der Waals surface area contributed by atoms with Gasteiger partial charge in [-0.05, 0) is 19.8 Å². The van der Waals surface area contributed by atoms with E-state index in [-0.39, 0.29) is 24.3 Å². The number of nitrogens with two attached hydrogens (primary N) is 1. The van der Waals surface area contributed by atoms with Crippen LogP contribution in [0.25, 0.3) is 0 Å². The van der Waals surface area contributed by atoms with Gasteiger partial charge in [0.2, 0.25) is 11.8 Å². The van der Waals surface area contributed by atoms with Crippen molar-refractivity contribution >= 4 is 11.8 Å². The maximum Gasteiger partial charge on any atom is 0.241 e. The van der Waals surface area contributed by atoms with Gasteiger partial charge in [0.25, 0.3) is 0 Å². The van der Waals surface area contributed by atoms with Gasteiger partial charge in [0, 0.05) is 13.1 Å². The first kappa shape index (κ1) is 14.9. The van der Waals surface area contributed by atoms with Crippen LogP contribution in [0.4, 0.5) is 0 Å². The smallest absolute Gasteiger partial charge is 0.241 e. The SMILES string of the molecule is CCN(CC)C(=O)CNC(=O)C(N)C(C)C. The van der Waals surface area contributed by atoms with E-state index in [1.54, 1.807) is 4.90 Å². The molecule has 2 amide bonds. The van der Waals surface area contributed by atoms with Gasteiger partial charge in [-0.3, -0.25) is 9.59 Å². The third kappa shape index (κ3) is 4.61. The Morgan fingerprint density at radius 3 is 2.12 bits per heavy atom. The predicted molar refractivity (Wildman–Crippen MR) is 63.8 cm³/mol. The fourth-order valence-electron chi connectivity index (χ4n) is 1.27. The van der Waals surface area contributed by atoms with Crippen molar-refractivity contribution in [3.05, 3.63) is 0 Å². The van der Waals surface area contributed by atoms with Crippen LogP contribution in [0.5, 0.6) is 0 Å². The molecule has 0 aliphatic heterocycles. The fourth-order valence-corrected chi connectivity index (χ4v) is 1.27. The molecule has 16 heavy (non-hydrogen) atoms. The molecule has 0 aliphatic rings.